The highest BCUT2D eigenvalue weighted by atomic mass is 16.4. The van der Waals surface area contributed by atoms with Crippen LogP contribution in [-0.4, -0.2) is 46.1 Å². The van der Waals surface area contributed by atoms with E-state index in [0.29, 0.717) is 35.1 Å². The molecule has 0 saturated heterocycles. The zero-order chi connectivity index (χ0) is 31.8. The summed E-state index contributed by atoms with van der Waals surface area (Å²) in [7, 11) is -3.10. The Morgan fingerprint density at radius 1 is 0.545 bits per heavy atom. The number of unbranched alkanes of at least 4 members (excludes halogenated alkanes) is 12. The van der Waals surface area contributed by atoms with E-state index in [9.17, 15) is 29.7 Å². The third-order valence-corrected chi connectivity index (χ3v) is 7.09. The van der Waals surface area contributed by atoms with Gasteiger partial charge in [0.1, 0.15) is 0 Å². The molecule has 234 valence electrons. The summed E-state index contributed by atoms with van der Waals surface area (Å²) < 4.78 is 0. The van der Waals surface area contributed by atoms with Crippen molar-refractivity contribution < 1.29 is 29.7 Å². The summed E-state index contributed by atoms with van der Waals surface area (Å²) in [6.07, 6.45) is 15.1. The molecule has 0 aliphatic heterocycles. The molecule has 2 rings (SSSR count). The van der Waals surface area contributed by atoms with Gasteiger partial charge in [-0.1, -0.05) is 87.5 Å². The number of rotatable bonds is 20. The van der Waals surface area contributed by atoms with Crippen molar-refractivity contribution in [2.24, 2.45) is 0 Å². The van der Waals surface area contributed by atoms with Gasteiger partial charge in [0.2, 0.25) is 11.8 Å². The molecule has 0 radical (unpaired) electrons. The summed E-state index contributed by atoms with van der Waals surface area (Å²) in [6.45, 7) is 0. The molecule has 0 bridgehead atoms. The average molecular weight is 600 g/mol. The zero-order valence-corrected chi connectivity index (χ0v) is 25.7. The molecular formula is C34H46B2N2O6. The second-order valence-corrected chi connectivity index (χ2v) is 10.9. The van der Waals surface area contributed by atoms with Crippen LogP contribution in [0.1, 0.15) is 103 Å². The largest absolute Gasteiger partial charge is 0.488 e. The van der Waals surface area contributed by atoms with Crippen LogP contribution in [0.3, 0.4) is 0 Å². The molecular weight excluding hydrogens is 554 g/mol. The van der Waals surface area contributed by atoms with Crippen LogP contribution in [-0.2, 0) is 9.59 Å². The lowest BCUT2D eigenvalue weighted by Gasteiger charge is -2.07. The van der Waals surface area contributed by atoms with Gasteiger partial charge in [-0.15, -0.1) is 0 Å². The van der Waals surface area contributed by atoms with Gasteiger partial charge in [-0.05, 0) is 72.7 Å². The maximum Gasteiger partial charge on any atom is 0.488 e. The minimum Gasteiger partial charge on any atom is -0.423 e. The normalized spacial score (nSPS) is 10.2. The van der Waals surface area contributed by atoms with Crippen molar-refractivity contribution in [1.29, 1.82) is 0 Å². The first-order valence-electron chi connectivity index (χ1n) is 15.8. The van der Waals surface area contributed by atoms with Gasteiger partial charge in [0.25, 0.3) is 0 Å². The van der Waals surface area contributed by atoms with Crippen molar-refractivity contribution in [1.82, 2.24) is 0 Å². The lowest BCUT2D eigenvalue weighted by molar-refractivity contribution is -0.117. The number of hydrogen-bond donors (Lipinski definition) is 6. The van der Waals surface area contributed by atoms with E-state index in [1.165, 1.54) is 0 Å². The molecule has 0 unspecified atom stereocenters. The van der Waals surface area contributed by atoms with Crippen LogP contribution in [0, 0.1) is 23.7 Å². The van der Waals surface area contributed by atoms with Gasteiger partial charge in [0.15, 0.2) is 0 Å². The summed E-state index contributed by atoms with van der Waals surface area (Å²) in [5, 5.41) is 42.5. The van der Waals surface area contributed by atoms with Crippen LogP contribution in [0.15, 0.2) is 48.5 Å². The molecule has 2 amide bonds. The standard InChI is InChI=1S/C34H46B2N2O6/c39-33(37-31-23-19-21-29(27-31)35(41)42)25-17-15-13-11-9-7-5-3-1-2-4-6-8-10-12-14-16-18-26-34(40)38-32-24-20-22-30(28-32)36(43)44/h19-24,27-28,41-44H,5-18,25-26H2,(H,37,39)(H,38,40). The Hall–Kier alpha value is -3.53. The molecule has 10 heteroatoms. The highest BCUT2D eigenvalue weighted by Crippen LogP contribution is 2.12. The van der Waals surface area contributed by atoms with Gasteiger partial charge in [0, 0.05) is 37.1 Å². The fourth-order valence-electron chi connectivity index (χ4n) is 4.63. The number of nitrogens with one attached hydrogen (secondary N) is 2. The van der Waals surface area contributed by atoms with Crippen LogP contribution in [0.25, 0.3) is 0 Å². The summed E-state index contributed by atoms with van der Waals surface area (Å²) in [5.74, 6) is 12.0. The Labute approximate surface area is 263 Å². The average Bonchev–Trinajstić information content (AvgIpc) is 3.00. The highest BCUT2D eigenvalue weighted by molar-refractivity contribution is 6.59. The third-order valence-electron chi connectivity index (χ3n) is 7.09. The van der Waals surface area contributed by atoms with Crippen LogP contribution >= 0.6 is 0 Å². The molecule has 0 aliphatic rings. The monoisotopic (exact) mass is 600 g/mol. The minimum atomic E-state index is -1.55. The first-order chi connectivity index (χ1) is 21.3. The molecule has 2 aromatic carbocycles. The maximum atomic E-state index is 12.1. The van der Waals surface area contributed by atoms with E-state index in [0.717, 1.165) is 89.9 Å². The van der Waals surface area contributed by atoms with Crippen molar-refractivity contribution in [3.63, 3.8) is 0 Å². The molecule has 44 heavy (non-hydrogen) atoms. The minimum absolute atomic E-state index is 0.0625. The van der Waals surface area contributed by atoms with Gasteiger partial charge in [0.05, 0.1) is 0 Å². The van der Waals surface area contributed by atoms with Crippen molar-refractivity contribution >= 4 is 48.4 Å². The Balaban J connectivity index is 1.36. The molecule has 6 N–H and O–H groups in total. The van der Waals surface area contributed by atoms with Gasteiger partial charge in [-0.25, -0.2) is 0 Å². The molecule has 0 aromatic heterocycles. The summed E-state index contributed by atoms with van der Waals surface area (Å²) in [5.41, 5.74) is 1.85. The Kier molecular flexibility index (Phi) is 19.1. The molecule has 0 aliphatic carbocycles. The van der Waals surface area contributed by atoms with E-state index in [1.54, 1.807) is 48.5 Å². The number of carbonyl (C=O) groups is 2. The zero-order valence-electron chi connectivity index (χ0n) is 25.7. The van der Waals surface area contributed by atoms with Crippen LogP contribution in [0.4, 0.5) is 11.4 Å². The van der Waals surface area contributed by atoms with Crippen molar-refractivity contribution in [2.75, 3.05) is 10.6 Å². The third kappa shape index (κ3) is 17.6. The number of benzene rings is 2. The van der Waals surface area contributed by atoms with Crippen molar-refractivity contribution in [3.8, 4) is 23.7 Å². The topological polar surface area (TPSA) is 139 Å². The van der Waals surface area contributed by atoms with E-state index < -0.39 is 14.2 Å². The first-order valence-corrected chi connectivity index (χ1v) is 15.8. The lowest BCUT2D eigenvalue weighted by atomic mass is 9.80. The lowest BCUT2D eigenvalue weighted by Crippen LogP contribution is -2.30. The Morgan fingerprint density at radius 3 is 1.30 bits per heavy atom. The summed E-state index contributed by atoms with van der Waals surface area (Å²) in [4.78, 5) is 24.2. The Bertz CT molecular complexity index is 1170. The summed E-state index contributed by atoms with van der Waals surface area (Å²) >= 11 is 0. The van der Waals surface area contributed by atoms with Gasteiger partial charge < -0.3 is 30.7 Å². The first kappa shape index (κ1) is 36.7. The molecule has 0 spiro atoms. The van der Waals surface area contributed by atoms with E-state index in [-0.39, 0.29) is 11.8 Å². The highest BCUT2D eigenvalue weighted by Gasteiger charge is 2.12. The maximum absolute atomic E-state index is 12.1. The summed E-state index contributed by atoms with van der Waals surface area (Å²) in [6, 6.07) is 13.1. The number of amides is 2. The van der Waals surface area contributed by atoms with Crippen LogP contribution in [0.2, 0.25) is 0 Å². The van der Waals surface area contributed by atoms with Crippen molar-refractivity contribution in [3.05, 3.63) is 48.5 Å². The quantitative estimate of drug-likeness (QED) is 0.0776. The second kappa shape index (κ2) is 22.9. The smallest absolute Gasteiger partial charge is 0.423 e. The second-order valence-electron chi connectivity index (χ2n) is 10.9. The molecule has 0 heterocycles. The molecule has 8 nitrogen and oxygen atoms in total. The molecule has 2 aromatic rings. The van der Waals surface area contributed by atoms with Gasteiger partial charge in [-0.3, -0.25) is 9.59 Å². The van der Waals surface area contributed by atoms with E-state index >= 15 is 0 Å². The fourth-order valence-corrected chi connectivity index (χ4v) is 4.63. The van der Waals surface area contributed by atoms with E-state index in [2.05, 4.69) is 34.3 Å². The molecule has 0 saturated carbocycles. The molecule has 0 fully saturated rings. The van der Waals surface area contributed by atoms with Crippen LogP contribution in [0.5, 0.6) is 0 Å². The van der Waals surface area contributed by atoms with Gasteiger partial charge in [-0.2, -0.15) is 0 Å². The number of hydrogen-bond acceptors (Lipinski definition) is 6. The SMILES string of the molecule is O=C(CCCCCCCCC#CC#CCCCCCCCCC(=O)Nc1cccc(B(O)O)c1)Nc1cccc(B(O)O)c1. The van der Waals surface area contributed by atoms with Gasteiger partial charge >= 0.3 is 14.2 Å². The fraction of sp³-hybridized carbons (Fsp3) is 0.471. The Morgan fingerprint density at radius 2 is 0.909 bits per heavy atom. The van der Waals surface area contributed by atoms with E-state index in [1.807, 2.05) is 0 Å². The molecule has 0 atom stereocenters. The predicted octanol–water partition coefficient (Wildman–Crippen LogP) is 3.87. The number of anilines is 2. The van der Waals surface area contributed by atoms with Crippen molar-refractivity contribution in [2.45, 2.75) is 103 Å². The van der Waals surface area contributed by atoms with E-state index in [4.69, 9.17) is 0 Å². The number of carbonyl (C=O) groups excluding carboxylic acids is 2. The van der Waals surface area contributed by atoms with Crippen LogP contribution < -0.4 is 21.6 Å². The predicted molar refractivity (Wildman–Crippen MR) is 179 cm³/mol.